The van der Waals surface area contributed by atoms with Gasteiger partial charge in [-0.15, -0.1) is 0 Å². The molecule has 0 aliphatic carbocycles. The van der Waals surface area contributed by atoms with E-state index >= 15 is 0 Å². The average Bonchev–Trinajstić information content (AvgIpc) is 2.58. The Morgan fingerprint density at radius 3 is 2.32 bits per heavy atom. The Morgan fingerprint density at radius 2 is 1.76 bits per heavy atom. The molecule has 0 saturated heterocycles. The van der Waals surface area contributed by atoms with E-state index in [0.717, 1.165) is 0 Å². The number of ketones is 1. The second-order valence-corrected chi connectivity index (χ2v) is 5.31. The molecule has 2 aromatic rings. The van der Waals surface area contributed by atoms with Crippen LogP contribution in [0.2, 0.25) is 0 Å². The fourth-order valence-electron chi connectivity index (χ4n) is 2.34. The van der Waals surface area contributed by atoms with Crippen LogP contribution in [0, 0.1) is 5.82 Å². The molecule has 1 aromatic heterocycles. The molecule has 0 fully saturated rings. The van der Waals surface area contributed by atoms with Gasteiger partial charge in [-0.05, 0) is 24.1 Å². The van der Waals surface area contributed by atoms with Crippen LogP contribution < -0.4 is 5.63 Å². The Balaban J connectivity index is 2.49. The van der Waals surface area contributed by atoms with Crippen molar-refractivity contribution in [2.75, 3.05) is 0 Å². The van der Waals surface area contributed by atoms with Crippen molar-refractivity contribution in [3.05, 3.63) is 57.2 Å². The number of benzene rings is 1. The molecule has 132 valence electrons. The van der Waals surface area contributed by atoms with Gasteiger partial charge in [-0.2, -0.15) is 0 Å². The summed E-state index contributed by atoms with van der Waals surface area (Å²) in [6.07, 6.45) is 0.298. The molecule has 6 nitrogen and oxygen atoms in total. The van der Waals surface area contributed by atoms with Crippen molar-refractivity contribution in [3.63, 3.8) is 0 Å². The van der Waals surface area contributed by atoms with Gasteiger partial charge in [0.2, 0.25) is 0 Å². The zero-order valence-corrected chi connectivity index (χ0v) is 13.9. The summed E-state index contributed by atoms with van der Waals surface area (Å²) < 4.78 is 17.6. The van der Waals surface area contributed by atoms with Gasteiger partial charge in [0.1, 0.15) is 22.7 Å². The molecular weight excluding hydrogens is 329 g/mol. The van der Waals surface area contributed by atoms with E-state index < -0.39 is 28.7 Å². The van der Waals surface area contributed by atoms with Crippen molar-refractivity contribution < 1.29 is 23.8 Å². The van der Waals surface area contributed by atoms with Gasteiger partial charge in [0.05, 0.1) is 12.3 Å². The molecule has 0 atom stereocenters. The third-order valence-electron chi connectivity index (χ3n) is 3.67. The average molecular weight is 347 g/mol. The van der Waals surface area contributed by atoms with Gasteiger partial charge in [-0.1, -0.05) is 26.0 Å². The minimum Gasteiger partial charge on any atom is -0.506 e. The third-order valence-corrected chi connectivity index (χ3v) is 3.67. The number of rotatable bonds is 6. The summed E-state index contributed by atoms with van der Waals surface area (Å²) in [5, 5.41) is 20.0. The predicted octanol–water partition coefficient (Wildman–Crippen LogP) is 3.18. The lowest BCUT2D eigenvalue weighted by Gasteiger charge is -2.10. The fourth-order valence-corrected chi connectivity index (χ4v) is 2.34. The van der Waals surface area contributed by atoms with Gasteiger partial charge in [0.15, 0.2) is 5.78 Å². The van der Waals surface area contributed by atoms with Crippen LogP contribution in [0.15, 0.2) is 38.5 Å². The van der Waals surface area contributed by atoms with Crippen LogP contribution >= 0.6 is 0 Å². The van der Waals surface area contributed by atoms with E-state index in [9.17, 15) is 24.2 Å². The number of carbonyl (C=O) groups is 1. The van der Waals surface area contributed by atoms with Gasteiger partial charge < -0.3 is 14.6 Å². The minimum absolute atomic E-state index is 0.0163. The second kappa shape index (κ2) is 7.74. The standard InChI is InChI=1S/C18H18FNO5/c1-3-12(20-9-10-5-7-11(19)8-6-10)14-16(22)15(13(21)4-2)18(24)25-17(14)23/h5-8,22,24H,3-4,9H2,1-2H3. The first kappa shape index (κ1) is 18.4. The molecule has 7 heteroatoms. The van der Waals surface area contributed by atoms with Crippen molar-refractivity contribution in [1.29, 1.82) is 0 Å². The molecule has 25 heavy (non-hydrogen) atoms. The van der Waals surface area contributed by atoms with Crippen molar-refractivity contribution in [1.82, 2.24) is 0 Å². The zero-order valence-electron chi connectivity index (χ0n) is 13.9. The lowest BCUT2D eigenvalue weighted by molar-refractivity contribution is 0.0976. The normalized spacial score (nSPS) is 11.6. The number of halogens is 1. The minimum atomic E-state index is -0.984. The molecule has 0 aliphatic heterocycles. The monoisotopic (exact) mass is 347 g/mol. The SMILES string of the molecule is CCC(=O)c1c(O)oc(=O)c(C(CC)=NCc2ccc(F)cc2)c1O. The van der Waals surface area contributed by atoms with E-state index in [1.807, 2.05) is 0 Å². The highest BCUT2D eigenvalue weighted by Crippen LogP contribution is 2.30. The first-order valence-corrected chi connectivity index (χ1v) is 7.79. The number of hydrogen-bond acceptors (Lipinski definition) is 6. The molecule has 0 radical (unpaired) electrons. The maximum atomic E-state index is 12.9. The molecule has 0 spiro atoms. The highest BCUT2D eigenvalue weighted by atomic mass is 19.1. The third kappa shape index (κ3) is 3.93. The lowest BCUT2D eigenvalue weighted by atomic mass is 10.0. The van der Waals surface area contributed by atoms with Crippen LogP contribution in [0.1, 0.15) is 48.2 Å². The summed E-state index contributed by atoms with van der Waals surface area (Å²) in [6.45, 7) is 3.42. The number of carbonyl (C=O) groups excluding carboxylic acids is 1. The molecule has 0 aliphatic rings. The number of aliphatic imine (C=N–C) groups is 1. The van der Waals surface area contributed by atoms with Crippen molar-refractivity contribution in [2.24, 2.45) is 4.99 Å². The van der Waals surface area contributed by atoms with Gasteiger partial charge in [0, 0.05) is 6.42 Å². The van der Waals surface area contributed by atoms with Crippen molar-refractivity contribution in [3.8, 4) is 11.7 Å². The Bertz CT molecular complexity index is 868. The van der Waals surface area contributed by atoms with Crippen LogP contribution in [0.5, 0.6) is 11.7 Å². The van der Waals surface area contributed by atoms with E-state index in [1.54, 1.807) is 26.0 Å². The van der Waals surface area contributed by atoms with Crippen molar-refractivity contribution >= 4 is 11.5 Å². The van der Waals surface area contributed by atoms with E-state index in [1.165, 1.54) is 12.1 Å². The Kier molecular flexibility index (Phi) is 5.69. The maximum absolute atomic E-state index is 12.9. The van der Waals surface area contributed by atoms with Crippen LogP contribution in [0.4, 0.5) is 4.39 Å². The van der Waals surface area contributed by atoms with Gasteiger partial charge in [-0.25, -0.2) is 9.18 Å². The van der Waals surface area contributed by atoms with E-state index in [0.29, 0.717) is 5.56 Å². The van der Waals surface area contributed by atoms with E-state index in [-0.39, 0.29) is 36.5 Å². The maximum Gasteiger partial charge on any atom is 0.351 e. The van der Waals surface area contributed by atoms with Crippen molar-refractivity contribution in [2.45, 2.75) is 33.2 Å². The van der Waals surface area contributed by atoms with Crippen LogP contribution in [0.3, 0.4) is 0 Å². The molecule has 1 heterocycles. The van der Waals surface area contributed by atoms with Crippen LogP contribution in [-0.4, -0.2) is 21.7 Å². The largest absolute Gasteiger partial charge is 0.506 e. The van der Waals surface area contributed by atoms with Gasteiger partial charge >= 0.3 is 5.63 Å². The molecule has 2 rings (SSSR count). The molecular formula is C18H18FNO5. The summed E-state index contributed by atoms with van der Waals surface area (Å²) in [5.41, 5.74) is -0.734. The Hall–Kier alpha value is -2.96. The van der Waals surface area contributed by atoms with E-state index in [2.05, 4.69) is 9.41 Å². The lowest BCUT2D eigenvalue weighted by Crippen LogP contribution is -2.17. The van der Waals surface area contributed by atoms with Crippen LogP contribution in [-0.2, 0) is 6.54 Å². The highest BCUT2D eigenvalue weighted by Gasteiger charge is 2.25. The molecule has 0 amide bonds. The molecule has 0 bridgehead atoms. The first-order valence-electron chi connectivity index (χ1n) is 7.79. The highest BCUT2D eigenvalue weighted by molar-refractivity contribution is 6.07. The molecule has 1 aromatic carbocycles. The zero-order chi connectivity index (χ0) is 18.6. The van der Waals surface area contributed by atoms with Gasteiger partial charge in [-0.3, -0.25) is 9.79 Å². The molecule has 2 N–H and O–H groups in total. The van der Waals surface area contributed by atoms with Crippen LogP contribution in [0.25, 0.3) is 0 Å². The number of hydrogen-bond donors (Lipinski definition) is 2. The summed E-state index contributed by atoms with van der Waals surface area (Å²) in [7, 11) is 0. The first-order chi connectivity index (χ1) is 11.9. The summed E-state index contributed by atoms with van der Waals surface area (Å²) in [5.74, 6) is -2.48. The number of nitrogens with zero attached hydrogens (tertiary/aromatic N) is 1. The summed E-state index contributed by atoms with van der Waals surface area (Å²) >= 11 is 0. The summed E-state index contributed by atoms with van der Waals surface area (Å²) in [4.78, 5) is 28.2. The Labute approximate surface area is 143 Å². The molecule has 0 unspecified atom stereocenters. The number of Topliss-reactive ketones (excluding diaryl/α,β-unsaturated/α-hetero) is 1. The smallest absolute Gasteiger partial charge is 0.351 e. The molecule has 0 saturated carbocycles. The summed E-state index contributed by atoms with van der Waals surface area (Å²) in [6, 6.07) is 5.69. The topological polar surface area (TPSA) is 100 Å². The Morgan fingerprint density at radius 1 is 1.12 bits per heavy atom. The predicted molar refractivity (Wildman–Crippen MR) is 89.9 cm³/mol. The van der Waals surface area contributed by atoms with E-state index in [4.69, 9.17) is 0 Å². The van der Waals surface area contributed by atoms with Gasteiger partial charge in [0.25, 0.3) is 5.95 Å². The number of aromatic hydroxyl groups is 2. The quantitative estimate of drug-likeness (QED) is 0.617. The second-order valence-electron chi connectivity index (χ2n) is 5.31. The fraction of sp³-hybridized carbons (Fsp3) is 0.278.